The average molecular weight is 410 g/mol. The van der Waals surface area contributed by atoms with Crippen LogP contribution in [-0.2, 0) is 17.8 Å². The summed E-state index contributed by atoms with van der Waals surface area (Å²) in [5, 5.41) is -0.270. The number of nitrogens with zero attached hydrogens (tertiary/aromatic N) is 1. The molecule has 6 heteroatoms. The van der Waals surface area contributed by atoms with Gasteiger partial charge in [0.05, 0.1) is 25.7 Å². The summed E-state index contributed by atoms with van der Waals surface area (Å²) in [6.07, 6.45) is 4.08. The van der Waals surface area contributed by atoms with Crippen molar-refractivity contribution in [3.8, 4) is 11.5 Å². The van der Waals surface area contributed by atoms with Crippen LogP contribution in [0.25, 0.3) is 6.08 Å². The quantitative estimate of drug-likeness (QED) is 0.477. The van der Waals surface area contributed by atoms with E-state index in [9.17, 15) is 9.59 Å². The zero-order valence-corrected chi connectivity index (χ0v) is 17.5. The fraction of sp³-hybridized carbons (Fsp3) is 0.217. The van der Waals surface area contributed by atoms with Gasteiger partial charge in [0.15, 0.2) is 11.5 Å². The summed E-state index contributed by atoms with van der Waals surface area (Å²) in [7, 11) is 3.15. The highest BCUT2D eigenvalue weighted by Gasteiger charge is 2.35. The van der Waals surface area contributed by atoms with Crippen LogP contribution in [0.15, 0.2) is 54.0 Å². The predicted octanol–water partition coefficient (Wildman–Crippen LogP) is 4.98. The highest BCUT2D eigenvalue weighted by atomic mass is 32.2. The standard InChI is InChI=1S/C23H23NO4S/c1-5-6-18-11-17(12-19(27-3)21(18)28-4)13-20-22(25)24(23(26)29-20)14-16-9-7-15(2)8-10-16/h5,7-13H,1,6,14H2,2-4H3/b20-13+. The van der Waals surface area contributed by atoms with E-state index in [4.69, 9.17) is 9.47 Å². The molecular formula is C23H23NO4S. The van der Waals surface area contributed by atoms with E-state index >= 15 is 0 Å². The number of carbonyl (C=O) groups excluding carboxylic acids is 2. The summed E-state index contributed by atoms with van der Waals surface area (Å²) in [4.78, 5) is 26.9. The molecule has 2 aromatic rings. The fourth-order valence-electron chi connectivity index (χ4n) is 3.12. The van der Waals surface area contributed by atoms with Crippen molar-refractivity contribution in [3.05, 3.63) is 76.2 Å². The summed E-state index contributed by atoms with van der Waals surface area (Å²) in [5.41, 5.74) is 3.71. The first-order valence-corrected chi connectivity index (χ1v) is 9.95. The van der Waals surface area contributed by atoms with E-state index in [2.05, 4.69) is 6.58 Å². The highest BCUT2D eigenvalue weighted by molar-refractivity contribution is 8.18. The molecule has 1 saturated heterocycles. The topological polar surface area (TPSA) is 55.8 Å². The minimum absolute atomic E-state index is 0.260. The third-order valence-corrected chi connectivity index (χ3v) is 5.48. The second kappa shape index (κ2) is 9.01. The summed E-state index contributed by atoms with van der Waals surface area (Å²) < 4.78 is 10.9. The molecular weight excluding hydrogens is 386 g/mol. The van der Waals surface area contributed by atoms with E-state index < -0.39 is 0 Å². The van der Waals surface area contributed by atoms with Gasteiger partial charge in [-0.1, -0.05) is 35.9 Å². The van der Waals surface area contributed by atoms with Crippen LogP contribution in [0.4, 0.5) is 4.79 Å². The number of imide groups is 1. The lowest BCUT2D eigenvalue weighted by Gasteiger charge is -2.14. The number of ether oxygens (including phenoxy) is 2. The second-order valence-corrected chi connectivity index (χ2v) is 7.65. The van der Waals surface area contributed by atoms with Crippen LogP contribution in [0.1, 0.15) is 22.3 Å². The Hall–Kier alpha value is -2.99. The second-order valence-electron chi connectivity index (χ2n) is 6.66. The van der Waals surface area contributed by atoms with Crippen LogP contribution in [0.3, 0.4) is 0 Å². The van der Waals surface area contributed by atoms with Crippen molar-refractivity contribution in [2.75, 3.05) is 14.2 Å². The van der Waals surface area contributed by atoms with Crippen molar-refractivity contribution in [1.29, 1.82) is 0 Å². The van der Waals surface area contributed by atoms with Crippen LogP contribution < -0.4 is 9.47 Å². The van der Waals surface area contributed by atoms with Gasteiger partial charge in [-0.3, -0.25) is 14.5 Å². The van der Waals surface area contributed by atoms with Crippen LogP contribution in [0.2, 0.25) is 0 Å². The van der Waals surface area contributed by atoms with Gasteiger partial charge in [-0.05, 0) is 54.4 Å². The highest BCUT2D eigenvalue weighted by Crippen LogP contribution is 2.37. The Balaban J connectivity index is 1.89. The van der Waals surface area contributed by atoms with Crippen molar-refractivity contribution < 1.29 is 19.1 Å². The maximum Gasteiger partial charge on any atom is 0.293 e. The number of methoxy groups -OCH3 is 2. The van der Waals surface area contributed by atoms with Crippen molar-refractivity contribution in [2.45, 2.75) is 19.9 Å². The molecule has 0 unspecified atom stereocenters. The minimum atomic E-state index is -0.291. The van der Waals surface area contributed by atoms with E-state index in [1.54, 1.807) is 32.4 Å². The van der Waals surface area contributed by atoms with Crippen molar-refractivity contribution >= 4 is 29.0 Å². The van der Waals surface area contributed by atoms with E-state index in [0.717, 1.165) is 34.0 Å². The Morgan fingerprint density at radius 1 is 1.10 bits per heavy atom. The molecule has 1 heterocycles. The first-order chi connectivity index (χ1) is 14.0. The fourth-order valence-corrected chi connectivity index (χ4v) is 3.96. The number of hydrogen-bond acceptors (Lipinski definition) is 5. The first-order valence-electron chi connectivity index (χ1n) is 9.13. The molecule has 5 nitrogen and oxygen atoms in total. The smallest absolute Gasteiger partial charge is 0.293 e. The van der Waals surface area contributed by atoms with Crippen molar-refractivity contribution in [2.24, 2.45) is 0 Å². The molecule has 0 aliphatic carbocycles. The van der Waals surface area contributed by atoms with Crippen LogP contribution in [0.5, 0.6) is 11.5 Å². The number of amides is 2. The molecule has 29 heavy (non-hydrogen) atoms. The number of rotatable bonds is 7. The van der Waals surface area contributed by atoms with Gasteiger partial charge >= 0.3 is 0 Å². The lowest BCUT2D eigenvalue weighted by molar-refractivity contribution is -0.123. The normalized spacial score (nSPS) is 15.1. The predicted molar refractivity (Wildman–Crippen MR) is 116 cm³/mol. The summed E-state index contributed by atoms with van der Waals surface area (Å²) in [5.74, 6) is 0.912. The molecule has 2 aromatic carbocycles. The molecule has 2 amide bonds. The summed E-state index contributed by atoms with van der Waals surface area (Å²) >= 11 is 0.948. The zero-order chi connectivity index (χ0) is 21.0. The molecule has 150 valence electrons. The first kappa shape index (κ1) is 20.7. The maximum absolute atomic E-state index is 12.8. The summed E-state index contributed by atoms with van der Waals surface area (Å²) in [6.45, 7) is 6.03. The maximum atomic E-state index is 12.8. The van der Waals surface area contributed by atoms with Crippen molar-refractivity contribution in [1.82, 2.24) is 4.90 Å². The largest absolute Gasteiger partial charge is 0.493 e. The number of thioether (sulfide) groups is 1. The number of aryl methyl sites for hydroxylation is 1. The molecule has 1 fully saturated rings. The van der Waals surface area contributed by atoms with Gasteiger partial charge in [-0.15, -0.1) is 6.58 Å². The molecule has 0 atom stereocenters. The monoisotopic (exact) mass is 409 g/mol. The molecule has 0 bridgehead atoms. The Kier molecular flexibility index (Phi) is 6.44. The van der Waals surface area contributed by atoms with Crippen molar-refractivity contribution in [3.63, 3.8) is 0 Å². The Bertz CT molecular complexity index is 979. The third kappa shape index (κ3) is 4.54. The zero-order valence-electron chi connectivity index (χ0n) is 16.7. The van der Waals surface area contributed by atoms with E-state index in [-0.39, 0.29) is 17.7 Å². The molecule has 0 radical (unpaired) electrons. The van der Waals surface area contributed by atoms with Gasteiger partial charge in [-0.25, -0.2) is 0 Å². The Morgan fingerprint density at radius 2 is 1.83 bits per heavy atom. The van der Waals surface area contributed by atoms with Crippen LogP contribution in [0, 0.1) is 6.92 Å². The number of benzene rings is 2. The lowest BCUT2D eigenvalue weighted by atomic mass is 10.0. The molecule has 0 N–H and O–H groups in total. The van der Waals surface area contributed by atoms with E-state index in [0.29, 0.717) is 22.8 Å². The molecule has 0 aromatic heterocycles. The molecule has 0 spiro atoms. The Labute approximate surface area is 175 Å². The number of carbonyl (C=O) groups is 2. The van der Waals surface area contributed by atoms with Crippen LogP contribution >= 0.6 is 11.8 Å². The molecule has 3 rings (SSSR count). The van der Waals surface area contributed by atoms with Gasteiger partial charge in [0.1, 0.15) is 0 Å². The molecule has 1 aliphatic rings. The Morgan fingerprint density at radius 3 is 2.45 bits per heavy atom. The van der Waals surface area contributed by atoms with E-state index in [1.165, 1.54) is 4.90 Å². The number of hydrogen-bond donors (Lipinski definition) is 0. The SMILES string of the molecule is C=CCc1cc(/C=C2/SC(=O)N(Cc3ccc(C)cc3)C2=O)cc(OC)c1OC. The average Bonchev–Trinajstić information content (AvgIpc) is 2.96. The van der Waals surface area contributed by atoms with Gasteiger partial charge in [-0.2, -0.15) is 0 Å². The van der Waals surface area contributed by atoms with Gasteiger partial charge in [0, 0.05) is 5.56 Å². The van der Waals surface area contributed by atoms with Gasteiger partial charge < -0.3 is 9.47 Å². The lowest BCUT2D eigenvalue weighted by Crippen LogP contribution is -2.27. The van der Waals surface area contributed by atoms with Gasteiger partial charge in [0.25, 0.3) is 11.1 Å². The summed E-state index contributed by atoms with van der Waals surface area (Å²) in [6, 6.07) is 11.5. The molecule has 0 saturated carbocycles. The van der Waals surface area contributed by atoms with Crippen LogP contribution in [-0.4, -0.2) is 30.3 Å². The number of allylic oxidation sites excluding steroid dienone is 1. The van der Waals surface area contributed by atoms with E-state index in [1.807, 2.05) is 37.3 Å². The third-order valence-electron chi connectivity index (χ3n) is 4.58. The minimum Gasteiger partial charge on any atom is -0.493 e. The molecule has 1 aliphatic heterocycles. The van der Waals surface area contributed by atoms with Gasteiger partial charge in [0.2, 0.25) is 0 Å².